The highest BCUT2D eigenvalue weighted by molar-refractivity contribution is 7.09. The molecule has 0 amide bonds. The molecule has 8 heteroatoms. The van der Waals surface area contributed by atoms with Crippen LogP contribution < -0.4 is 4.90 Å². The molecule has 1 aliphatic rings. The van der Waals surface area contributed by atoms with Gasteiger partial charge in [-0.25, -0.2) is 23.7 Å². The van der Waals surface area contributed by atoms with E-state index in [1.165, 1.54) is 11.3 Å². The molecular weight excluding hydrogens is 332 g/mol. The van der Waals surface area contributed by atoms with Gasteiger partial charge in [-0.2, -0.15) is 5.26 Å². The molecule has 24 heavy (non-hydrogen) atoms. The number of nitrogens with zero attached hydrogens (tertiary/aromatic N) is 5. The molecule has 0 aromatic carbocycles. The number of hydrogen-bond acceptors (Lipinski definition) is 6. The van der Waals surface area contributed by atoms with Crippen molar-refractivity contribution in [2.75, 3.05) is 11.4 Å². The van der Waals surface area contributed by atoms with Gasteiger partial charge in [0, 0.05) is 36.7 Å². The lowest BCUT2D eigenvalue weighted by Crippen LogP contribution is -2.30. The lowest BCUT2D eigenvalue weighted by molar-refractivity contribution is -0.0386. The Morgan fingerprint density at radius 1 is 1.38 bits per heavy atom. The molecule has 0 bridgehead atoms. The van der Waals surface area contributed by atoms with Crippen molar-refractivity contribution in [2.24, 2.45) is 5.92 Å². The molecule has 1 unspecified atom stereocenters. The van der Waals surface area contributed by atoms with Crippen molar-refractivity contribution in [3.8, 4) is 6.07 Å². The van der Waals surface area contributed by atoms with Crippen LogP contribution in [0.15, 0.2) is 23.8 Å². The van der Waals surface area contributed by atoms with E-state index in [0.29, 0.717) is 44.0 Å². The van der Waals surface area contributed by atoms with E-state index in [-0.39, 0.29) is 6.42 Å². The molecule has 0 spiro atoms. The summed E-state index contributed by atoms with van der Waals surface area (Å²) in [4.78, 5) is 14.5. The second kappa shape index (κ2) is 7.18. The lowest BCUT2D eigenvalue weighted by Gasteiger charge is -2.25. The first-order chi connectivity index (χ1) is 11.6. The van der Waals surface area contributed by atoms with Gasteiger partial charge in [-0.05, 0) is 25.3 Å². The van der Waals surface area contributed by atoms with Crippen molar-refractivity contribution in [3.05, 3.63) is 34.5 Å². The van der Waals surface area contributed by atoms with Crippen LogP contribution in [0, 0.1) is 17.2 Å². The molecule has 1 saturated carbocycles. The molecule has 126 valence electrons. The molecule has 0 aliphatic heterocycles. The number of hydrogen-bond donors (Lipinski definition) is 0. The number of alkyl halides is 2. The maximum atomic E-state index is 13.8. The third kappa shape index (κ3) is 3.85. The monoisotopic (exact) mass is 349 g/mol. The minimum atomic E-state index is -2.57. The standard InChI is InChI=1S/C16H17F2N5S/c17-16(18)5-1-3-12(16)4-8-23(15-20-6-2-7-21-15)10-14-22-13(9-19)11-24-14/h2,6-7,11-12H,1,3-5,8,10H2. The van der Waals surface area contributed by atoms with Crippen LogP contribution in [0.1, 0.15) is 36.4 Å². The van der Waals surface area contributed by atoms with Crippen molar-refractivity contribution in [1.29, 1.82) is 5.26 Å². The largest absolute Gasteiger partial charge is 0.334 e. The summed E-state index contributed by atoms with van der Waals surface area (Å²) in [5.74, 6) is -2.67. The predicted molar refractivity (Wildman–Crippen MR) is 86.8 cm³/mol. The van der Waals surface area contributed by atoms with Crippen LogP contribution in [0.25, 0.3) is 0 Å². The fourth-order valence-electron chi connectivity index (χ4n) is 2.97. The lowest BCUT2D eigenvalue weighted by atomic mass is 10.0. The molecule has 1 fully saturated rings. The van der Waals surface area contributed by atoms with Gasteiger partial charge < -0.3 is 4.90 Å². The SMILES string of the molecule is N#Cc1csc(CN(CCC2CCCC2(F)F)c2ncccn2)n1. The van der Waals surface area contributed by atoms with Crippen molar-refractivity contribution in [1.82, 2.24) is 15.0 Å². The van der Waals surface area contributed by atoms with E-state index in [1.807, 2.05) is 11.0 Å². The molecule has 0 radical (unpaired) electrons. The van der Waals surface area contributed by atoms with Gasteiger partial charge >= 0.3 is 0 Å². The quantitative estimate of drug-likeness (QED) is 0.797. The fraction of sp³-hybridized carbons (Fsp3) is 0.500. The first kappa shape index (κ1) is 16.7. The summed E-state index contributed by atoms with van der Waals surface area (Å²) in [7, 11) is 0. The van der Waals surface area contributed by atoms with E-state index in [4.69, 9.17) is 5.26 Å². The van der Waals surface area contributed by atoms with Crippen molar-refractivity contribution >= 4 is 17.3 Å². The van der Waals surface area contributed by atoms with Crippen molar-refractivity contribution in [2.45, 2.75) is 38.2 Å². The average Bonchev–Trinajstić information content (AvgIpc) is 3.18. The van der Waals surface area contributed by atoms with E-state index in [2.05, 4.69) is 15.0 Å². The van der Waals surface area contributed by atoms with Crippen LogP contribution >= 0.6 is 11.3 Å². The van der Waals surface area contributed by atoms with Crippen LogP contribution in [-0.2, 0) is 6.54 Å². The van der Waals surface area contributed by atoms with Crippen molar-refractivity contribution < 1.29 is 8.78 Å². The third-order valence-electron chi connectivity index (χ3n) is 4.23. The summed E-state index contributed by atoms with van der Waals surface area (Å²) in [5.41, 5.74) is 0.367. The average molecular weight is 349 g/mol. The number of rotatable bonds is 6. The number of nitriles is 1. The molecule has 3 rings (SSSR count). The minimum absolute atomic E-state index is 0.0164. The maximum absolute atomic E-state index is 13.8. The van der Waals surface area contributed by atoms with Gasteiger partial charge in [-0.3, -0.25) is 0 Å². The highest BCUT2D eigenvalue weighted by atomic mass is 32.1. The van der Waals surface area contributed by atoms with Gasteiger partial charge in [0.05, 0.1) is 6.54 Å². The van der Waals surface area contributed by atoms with Gasteiger partial charge in [0.25, 0.3) is 5.92 Å². The summed E-state index contributed by atoms with van der Waals surface area (Å²) in [6.45, 7) is 0.848. The summed E-state index contributed by atoms with van der Waals surface area (Å²) in [6.07, 6.45) is 4.77. The second-order valence-electron chi connectivity index (χ2n) is 5.85. The van der Waals surface area contributed by atoms with Crippen LogP contribution in [0.4, 0.5) is 14.7 Å². The zero-order valence-electron chi connectivity index (χ0n) is 13.0. The molecule has 2 aromatic heterocycles. The number of anilines is 1. The fourth-order valence-corrected chi connectivity index (χ4v) is 3.70. The highest BCUT2D eigenvalue weighted by Gasteiger charge is 2.43. The molecule has 2 heterocycles. The Morgan fingerprint density at radius 3 is 2.79 bits per heavy atom. The van der Waals surface area contributed by atoms with Gasteiger partial charge in [0.1, 0.15) is 11.1 Å². The van der Waals surface area contributed by atoms with Crippen LogP contribution in [0.3, 0.4) is 0 Å². The van der Waals surface area contributed by atoms with Crippen molar-refractivity contribution in [3.63, 3.8) is 0 Å². The van der Waals surface area contributed by atoms with Crippen LogP contribution in [-0.4, -0.2) is 27.4 Å². The van der Waals surface area contributed by atoms with E-state index in [0.717, 1.165) is 5.01 Å². The summed E-state index contributed by atoms with van der Waals surface area (Å²) in [5, 5.41) is 11.3. The van der Waals surface area contributed by atoms with E-state index >= 15 is 0 Å². The zero-order valence-corrected chi connectivity index (χ0v) is 13.8. The van der Waals surface area contributed by atoms with Crippen LogP contribution in [0.5, 0.6) is 0 Å². The predicted octanol–water partition coefficient (Wildman–Crippen LogP) is 3.64. The Labute approximate surface area is 143 Å². The maximum Gasteiger partial charge on any atom is 0.251 e. The number of thiazole rings is 1. The Bertz CT molecular complexity index is 713. The molecule has 2 aromatic rings. The van der Waals surface area contributed by atoms with E-state index < -0.39 is 11.8 Å². The van der Waals surface area contributed by atoms with Gasteiger partial charge in [0.15, 0.2) is 5.69 Å². The van der Waals surface area contributed by atoms with Gasteiger partial charge in [-0.15, -0.1) is 11.3 Å². The number of aromatic nitrogens is 3. The molecular formula is C16H17F2N5S. The molecule has 5 nitrogen and oxygen atoms in total. The summed E-state index contributed by atoms with van der Waals surface area (Å²) >= 11 is 1.38. The van der Waals surface area contributed by atoms with E-state index in [9.17, 15) is 8.78 Å². The Hall–Kier alpha value is -2.14. The molecule has 0 saturated heterocycles. The van der Waals surface area contributed by atoms with Gasteiger partial charge in [-0.1, -0.05) is 0 Å². The Morgan fingerprint density at radius 2 is 2.17 bits per heavy atom. The number of halogens is 2. The van der Waals surface area contributed by atoms with Crippen LogP contribution in [0.2, 0.25) is 0 Å². The third-order valence-corrected chi connectivity index (χ3v) is 5.07. The normalized spacial score (nSPS) is 19.1. The Balaban J connectivity index is 1.72. The van der Waals surface area contributed by atoms with E-state index in [1.54, 1.807) is 23.8 Å². The minimum Gasteiger partial charge on any atom is -0.334 e. The molecule has 1 aliphatic carbocycles. The topological polar surface area (TPSA) is 65.7 Å². The smallest absolute Gasteiger partial charge is 0.251 e. The zero-order chi connectivity index (χ0) is 17.0. The summed E-state index contributed by atoms with van der Waals surface area (Å²) in [6, 6.07) is 3.71. The molecule has 1 atom stereocenters. The highest BCUT2D eigenvalue weighted by Crippen LogP contribution is 2.42. The first-order valence-corrected chi connectivity index (χ1v) is 8.71. The summed E-state index contributed by atoms with van der Waals surface area (Å²) < 4.78 is 27.7. The first-order valence-electron chi connectivity index (χ1n) is 7.83. The second-order valence-corrected chi connectivity index (χ2v) is 6.79. The Kier molecular flexibility index (Phi) is 5.00. The molecule has 0 N–H and O–H groups in total. The van der Waals surface area contributed by atoms with Gasteiger partial charge in [0.2, 0.25) is 5.95 Å².